The van der Waals surface area contributed by atoms with Crippen LogP contribution >= 0.6 is 11.3 Å². The second kappa shape index (κ2) is 8.73. The summed E-state index contributed by atoms with van der Waals surface area (Å²) in [5.74, 6) is 0.897. The number of aromatic nitrogens is 4. The molecule has 0 aliphatic carbocycles. The number of carbonyl (C=O) groups is 1. The third kappa shape index (κ3) is 4.09. The maximum absolute atomic E-state index is 13.0. The van der Waals surface area contributed by atoms with Crippen LogP contribution in [-0.2, 0) is 0 Å². The van der Waals surface area contributed by atoms with Crippen molar-refractivity contribution < 1.29 is 4.79 Å². The third-order valence-corrected chi connectivity index (χ3v) is 6.41. The number of hydrogen-bond acceptors (Lipinski definition) is 6. The molecule has 0 radical (unpaired) electrons. The molecule has 0 saturated carbocycles. The first kappa shape index (κ1) is 19.5. The predicted octanol–water partition coefficient (Wildman–Crippen LogP) is 4.68. The molecule has 1 saturated heterocycles. The molecule has 0 spiro atoms. The minimum absolute atomic E-state index is 0.103. The monoisotopic (exact) mass is 427 g/mol. The molecule has 1 aliphatic rings. The number of nitrogens with zero attached hydrogens (tertiary/aromatic N) is 5. The zero-order valence-corrected chi connectivity index (χ0v) is 17.7. The van der Waals surface area contributed by atoms with Crippen LogP contribution < -0.4 is 0 Å². The van der Waals surface area contributed by atoms with E-state index in [1.165, 1.54) is 11.3 Å². The average molecular weight is 428 g/mol. The van der Waals surface area contributed by atoms with Crippen LogP contribution in [0.15, 0.2) is 72.8 Å². The summed E-state index contributed by atoms with van der Waals surface area (Å²) in [4.78, 5) is 33.7. The predicted molar refractivity (Wildman–Crippen MR) is 121 cm³/mol. The lowest BCUT2D eigenvalue weighted by atomic mass is 9.90. The lowest BCUT2D eigenvalue weighted by molar-refractivity contribution is 0.0711. The highest BCUT2D eigenvalue weighted by Crippen LogP contribution is 2.34. The molecule has 1 aliphatic heterocycles. The highest BCUT2D eigenvalue weighted by atomic mass is 32.1. The molecule has 5 rings (SSSR count). The molecule has 4 aromatic rings. The van der Waals surface area contributed by atoms with E-state index in [-0.39, 0.29) is 11.8 Å². The fourth-order valence-corrected chi connectivity index (χ4v) is 4.73. The Balaban J connectivity index is 1.53. The fraction of sp³-hybridized carbons (Fsp3) is 0.208. The Morgan fingerprint density at radius 3 is 2.68 bits per heavy atom. The number of thiophene rings is 1. The van der Waals surface area contributed by atoms with E-state index in [1.54, 1.807) is 24.8 Å². The van der Waals surface area contributed by atoms with Gasteiger partial charge in [0.15, 0.2) is 5.82 Å². The fourth-order valence-electron chi connectivity index (χ4n) is 4.04. The molecule has 7 heteroatoms. The van der Waals surface area contributed by atoms with Gasteiger partial charge in [0, 0.05) is 61.1 Å². The van der Waals surface area contributed by atoms with E-state index < -0.39 is 0 Å². The van der Waals surface area contributed by atoms with Gasteiger partial charge in [-0.25, -0.2) is 9.97 Å². The molecule has 1 fully saturated rings. The molecule has 1 unspecified atom stereocenters. The largest absolute Gasteiger partial charge is 0.337 e. The number of rotatable bonds is 4. The summed E-state index contributed by atoms with van der Waals surface area (Å²) in [6.45, 7) is 1.43. The number of likely N-dealkylation sites (tertiary alicyclic amines) is 1. The van der Waals surface area contributed by atoms with Gasteiger partial charge in [-0.3, -0.25) is 14.8 Å². The zero-order chi connectivity index (χ0) is 21.0. The summed E-state index contributed by atoms with van der Waals surface area (Å²) in [5, 5.41) is 1.95. The van der Waals surface area contributed by atoms with Crippen LogP contribution in [0.5, 0.6) is 0 Å². The molecule has 4 aromatic heterocycles. The van der Waals surface area contributed by atoms with Crippen LogP contribution in [0.3, 0.4) is 0 Å². The molecule has 6 nitrogen and oxygen atoms in total. The summed E-state index contributed by atoms with van der Waals surface area (Å²) in [6, 6.07) is 11.6. The minimum atomic E-state index is 0.103. The van der Waals surface area contributed by atoms with Crippen molar-refractivity contribution in [3.63, 3.8) is 0 Å². The van der Waals surface area contributed by atoms with Gasteiger partial charge < -0.3 is 4.90 Å². The van der Waals surface area contributed by atoms with E-state index in [0.29, 0.717) is 12.4 Å². The van der Waals surface area contributed by atoms with E-state index in [4.69, 9.17) is 4.98 Å². The minimum Gasteiger partial charge on any atom is -0.337 e. The second-order valence-electron chi connectivity index (χ2n) is 7.54. The Morgan fingerprint density at radius 2 is 1.90 bits per heavy atom. The third-order valence-electron chi connectivity index (χ3n) is 5.56. The molecule has 5 heterocycles. The second-order valence-corrected chi connectivity index (χ2v) is 8.49. The van der Waals surface area contributed by atoms with Gasteiger partial charge in [-0.15, -0.1) is 11.3 Å². The molecule has 0 N–H and O–H groups in total. The van der Waals surface area contributed by atoms with Crippen LogP contribution in [0.2, 0.25) is 0 Å². The van der Waals surface area contributed by atoms with Crippen LogP contribution in [-0.4, -0.2) is 43.8 Å². The van der Waals surface area contributed by atoms with E-state index in [1.807, 2.05) is 52.9 Å². The quantitative estimate of drug-likeness (QED) is 0.473. The van der Waals surface area contributed by atoms with Gasteiger partial charge in [0.1, 0.15) is 0 Å². The van der Waals surface area contributed by atoms with E-state index >= 15 is 0 Å². The van der Waals surface area contributed by atoms with Crippen LogP contribution in [0.25, 0.3) is 22.5 Å². The van der Waals surface area contributed by atoms with Gasteiger partial charge in [0.25, 0.3) is 5.91 Å². The Labute approximate surface area is 184 Å². The number of pyridine rings is 2. The van der Waals surface area contributed by atoms with Crippen molar-refractivity contribution >= 4 is 17.2 Å². The van der Waals surface area contributed by atoms with Gasteiger partial charge in [-0.1, -0.05) is 6.07 Å². The van der Waals surface area contributed by atoms with Gasteiger partial charge in [-0.2, -0.15) is 0 Å². The highest BCUT2D eigenvalue weighted by Gasteiger charge is 2.29. The number of carbonyl (C=O) groups excluding carboxylic acids is 1. The normalized spacial score (nSPS) is 16.3. The zero-order valence-electron chi connectivity index (χ0n) is 16.9. The topological polar surface area (TPSA) is 71.9 Å². The van der Waals surface area contributed by atoms with Gasteiger partial charge >= 0.3 is 0 Å². The highest BCUT2D eigenvalue weighted by molar-refractivity contribution is 7.12. The maximum Gasteiger partial charge on any atom is 0.263 e. The summed E-state index contributed by atoms with van der Waals surface area (Å²) >= 11 is 1.49. The summed E-state index contributed by atoms with van der Waals surface area (Å²) < 4.78 is 0. The maximum atomic E-state index is 13.0. The number of hydrogen-bond donors (Lipinski definition) is 0. The first-order chi connectivity index (χ1) is 15.3. The molecular formula is C24H21N5OS. The standard InChI is InChI=1S/C24H21N5OS/c30-24(21-6-3-13-31-21)29-12-2-5-19(16-29)22-20(17-7-10-25-11-8-17)15-27-23(28-22)18-4-1-9-26-14-18/h1,3-4,6-11,13-15,19H,2,5,12,16H2. The first-order valence-corrected chi connectivity index (χ1v) is 11.2. The SMILES string of the molecule is O=C(c1cccs1)N1CCCC(c2nc(-c3cccnc3)ncc2-c2ccncc2)C1. The smallest absolute Gasteiger partial charge is 0.263 e. The Bertz CT molecular complexity index is 1170. The van der Waals surface area contributed by atoms with Crippen molar-refractivity contribution in [3.8, 4) is 22.5 Å². The van der Waals surface area contributed by atoms with Crippen molar-refractivity contribution in [2.45, 2.75) is 18.8 Å². The summed E-state index contributed by atoms with van der Waals surface area (Å²) in [6.07, 6.45) is 10.9. The van der Waals surface area contributed by atoms with E-state index in [0.717, 1.165) is 46.6 Å². The molecule has 31 heavy (non-hydrogen) atoms. The van der Waals surface area contributed by atoms with Crippen LogP contribution in [0, 0.1) is 0 Å². The Hall–Kier alpha value is -3.45. The molecule has 1 atom stereocenters. The first-order valence-electron chi connectivity index (χ1n) is 10.3. The van der Waals surface area contributed by atoms with Crippen LogP contribution in [0.1, 0.15) is 34.1 Å². The lowest BCUT2D eigenvalue weighted by Crippen LogP contribution is -2.39. The van der Waals surface area contributed by atoms with Crippen molar-refractivity contribution in [1.29, 1.82) is 0 Å². The average Bonchev–Trinajstić information content (AvgIpc) is 3.39. The number of piperidine rings is 1. The van der Waals surface area contributed by atoms with Crippen molar-refractivity contribution in [2.24, 2.45) is 0 Å². The van der Waals surface area contributed by atoms with Gasteiger partial charge in [0.05, 0.1) is 10.6 Å². The molecule has 0 bridgehead atoms. The summed E-state index contributed by atoms with van der Waals surface area (Å²) in [5.41, 5.74) is 3.88. The van der Waals surface area contributed by atoms with E-state index in [9.17, 15) is 4.79 Å². The van der Waals surface area contributed by atoms with Crippen molar-refractivity contribution in [2.75, 3.05) is 13.1 Å². The van der Waals surface area contributed by atoms with Gasteiger partial charge in [-0.05, 0) is 54.1 Å². The molecule has 154 valence electrons. The van der Waals surface area contributed by atoms with Crippen molar-refractivity contribution in [3.05, 3.63) is 83.3 Å². The number of amides is 1. The molecule has 0 aromatic carbocycles. The molecule has 1 amide bonds. The summed E-state index contributed by atoms with van der Waals surface area (Å²) in [7, 11) is 0. The molecular weight excluding hydrogens is 406 g/mol. The Morgan fingerprint density at radius 1 is 1.00 bits per heavy atom. The van der Waals surface area contributed by atoms with Crippen LogP contribution in [0.4, 0.5) is 0 Å². The van der Waals surface area contributed by atoms with Gasteiger partial charge in [0.2, 0.25) is 0 Å². The Kier molecular flexibility index (Phi) is 5.50. The van der Waals surface area contributed by atoms with Crippen molar-refractivity contribution in [1.82, 2.24) is 24.8 Å². The lowest BCUT2D eigenvalue weighted by Gasteiger charge is -2.33. The van der Waals surface area contributed by atoms with E-state index in [2.05, 4.69) is 15.0 Å².